The Hall–Kier alpha value is -2.31. The average molecular weight is 283 g/mol. The molecule has 0 aliphatic carbocycles. The van der Waals surface area contributed by atoms with Gasteiger partial charge in [0.05, 0.1) is 6.07 Å². The molecule has 1 aliphatic rings. The molecule has 3 nitrogen and oxygen atoms in total. The normalized spacial score (nSPS) is 17.5. The molecule has 0 N–H and O–H groups in total. The Morgan fingerprint density at radius 3 is 2.65 bits per heavy atom. The zero-order valence-corrected chi connectivity index (χ0v) is 11.3. The zero-order valence-electron chi connectivity index (χ0n) is 10.6. The van der Waals surface area contributed by atoms with Crippen LogP contribution in [0.2, 0.25) is 5.02 Å². The maximum atomic E-state index is 12.2. The first-order valence-electron chi connectivity index (χ1n) is 6.26. The fourth-order valence-corrected chi connectivity index (χ4v) is 2.70. The number of para-hydroxylation sites is 1. The number of nitrogens with zero attached hydrogens (tertiary/aromatic N) is 2. The van der Waals surface area contributed by atoms with Crippen LogP contribution in [0.5, 0.6) is 0 Å². The molecule has 0 saturated carbocycles. The number of Topliss-reactive ketones (excluding diaryl/α,β-unsaturated/α-hetero) is 1. The van der Waals surface area contributed by atoms with Crippen molar-refractivity contribution < 1.29 is 4.79 Å². The van der Waals surface area contributed by atoms with Gasteiger partial charge in [0.15, 0.2) is 11.8 Å². The molecule has 1 unspecified atom stereocenters. The predicted octanol–water partition coefficient (Wildman–Crippen LogP) is 3.50. The van der Waals surface area contributed by atoms with Gasteiger partial charge in [0.1, 0.15) is 0 Å². The Labute approximate surface area is 122 Å². The van der Waals surface area contributed by atoms with Crippen LogP contribution in [0.25, 0.3) is 0 Å². The van der Waals surface area contributed by atoms with E-state index < -0.39 is 6.04 Å². The highest BCUT2D eigenvalue weighted by atomic mass is 35.5. The largest absolute Gasteiger partial charge is 0.318 e. The Morgan fingerprint density at radius 2 is 1.95 bits per heavy atom. The van der Waals surface area contributed by atoms with E-state index in [0.29, 0.717) is 5.02 Å². The molecule has 0 radical (unpaired) electrons. The molecular formula is C16H11ClN2O. The Balaban J connectivity index is 2.19. The summed E-state index contributed by atoms with van der Waals surface area (Å²) in [6.45, 7) is 0. The van der Waals surface area contributed by atoms with Crippen LogP contribution in [-0.2, 0) is 11.2 Å². The van der Waals surface area contributed by atoms with Gasteiger partial charge in [0.2, 0.25) is 0 Å². The lowest BCUT2D eigenvalue weighted by Crippen LogP contribution is -2.42. The van der Waals surface area contributed by atoms with Gasteiger partial charge in [-0.05, 0) is 35.9 Å². The summed E-state index contributed by atoms with van der Waals surface area (Å²) >= 11 is 5.99. The maximum Gasteiger partial charge on any atom is 0.180 e. The van der Waals surface area contributed by atoms with E-state index in [2.05, 4.69) is 6.07 Å². The number of carbonyl (C=O) groups excluding carboxylic acids is 1. The molecule has 0 amide bonds. The average Bonchev–Trinajstić information content (AvgIpc) is 2.46. The first-order chi connectivity index (χ1) is 9.70. The summed E-state index contributed by atoms with van der Waals surface area (Å²) in [6.07, 6.45) is 0.247. The lowest BCUT2D eigenvalue weighted by atomic mass is 9.94. The van der Waals surface area contributed by atoms with E-state index in [1.165, 1.54) is 0 Å². The Bertz CT molecular complexity index is 706. The summed E-state index contributed by atoms with van der Waals surface area (Å²) in [5.41, 5.74) is 2.56. The zero-order chi connectivity index (χ0) is 14.1. The number of benzene rings is 2. The number of fused-ring (bicyclic) bond motifs is 1. The molecule has 1 aliphatic heterocycles. The van der Waals surface area contributed by atoms with Crippen LogP contribution < -0.4 is 4.90 Å². The second-order valence-electron chi connectivity index (χ2n) is 4.65. The molecule has 0 fully saturated rings. The van der Waals surface area contributed by atoms with Crippen molar-refractivity contribution in [2.45, 2.75) is 12.5 Å². The number of ketones is 1. The minimum Gasteiger partial charge on any atom is -0.318 e. The van der Waals surface area contributed by atoms with Crippen LogP contribution >= 0.6 is 11.6 Å². The van der Waals surface area contributed by atoms with E-state index in [0.717, 1.165) is 16.9 Å². The molecule has 4 heteroatoms. The molecule has 98 valence electrons. The van der Waals surface area contributed by atoms with Crippen molar-refractivity contribution in [1.82, 2.24) is 0 Å². The topological polar surface area (TPSA) is 44.1 Å². The van der Waals surface area contributed by atoms with Gasteiger partial charge in [-0.2, -0.15) is 5.26 Å². The van der Waals surface area contributed by atoms with Crippen LogP contribution in [0.4, 0.5) is 11.4 Å². The van der Waals surface area contributed by atoms with Crippen molar-refractivity contribution in [1.29, 1.82) is 5.26 Å². The molecule has 3 rings (SSSR count). The number of halogens is 1. The maximum absolute atomic E-state index is 12.2. The molecule has 1 heterocycles. The van der Waals surface area contributed by atoms with Gasteiger partial charge in [-0.15, -0.1) is 0 Å². The third kappa shape index (κ3) is 2.04. The van der Waals surface area contributed by atoms with Crippen LogP contribution in [0.3, 0.4) is 0 Å². The van der Waals surface area contributed by atoms with Gasteiger partial charge in [0, 0.05) is 22.8 Å². The highest BCUT2D eigenvalue weighted by Gasteiger charge is 2.33. The van der Waals surface area contributed by atoms with E-state index in [4.69, 9.17) is 11.6 Å². The van der Waals surface area contributed by atoms with E-state index >= 15 is 0 Å². The molecule has 2 aromatic rings. The first-order valence-corrected chi connectivity index (χ1v) is 6.63. The van der Waals surface area contributed by atoms with Crippen molar-refractivity contribution in [3.63, 3.8) is 0 Å². The fraction of sp³-hybridized carbons (Fsp3) is 0.125. The molecule has 20 heavy (non-hydrogen) atoms. The van der Waals surface area contributed by atoms with Gasteiger partial charge in [-0.1, -0.05) is 29.8 Å². The first kappa shape index (κ1) is 12.7. The number of rotatable bonds is 1. The summed E-state index contributed by atoms with van der Waals surface area (Å²) in [6, 6.07) is 16.2. The summed E-state index contributed by atoms with van der Waals surface area (Å²) in [5.74, 6) is -0.105. The highest BCUT2D eigenvalue weighted by Crippen LogP contribution is 2.36. The van der Waals surface area contributed by atoms with Crippen LogP contribution in [0.1, 0.15) is 5.56 Å². The Morgan fingerprint density at radius 1 is 1.20 bits per heavy atom. The molecule has 2 aromatic carbocycles. The fourth-order valence-electron chi connectivity index (χ4n) is 2.50. The van der Waals surface area contributed by atoms with E-state index in [-0.39, 0.29) is 12.2 Å². The monoisotopic (exact) mass is 282 g/mol. The highest BCUT2D eigenvalue weighted by molar-refractivity contribution is 6.30. The Kier molecular flexibility index (Phi) is 3.17. The van der Waals surface area contributed by atoms with E-state index in [1.54, 1.807) is 17.0 Å². The second kappa shape index (κ2) is 4.99. The van der Waals surface area contributed by atoms with Gasteiger partial charge in [-0.3, -0.25) is 4.79 Å². The van der Waals surface area contributed by atoms with Crippen molar-refractivity contribution in [2.24, 2.45) is 0 Å². The van der Waals surface area contributed by atoms with Crippen molar-refractivity contribution in [3.8, 4) is 6.07 Å². The van der Waals surface area contributed by atoms with Gasteiger partial charge in [-0.25, -0.2) is 0 Å². The van der Waals surface area contributed by atoms with E-state index in [1.807, 2.05) is 36.4 Å². The van der Waals surface area contributed by atoms with Crippen LogP contribution in [0.15, 0.2) is 48.5 Å². The smallest absolute Gasteiger partial charge is 0.180 e. The van der Waals surface area contributed by atoms with Crippen molar-refractivity contribution in [3.05, 3.63) is 59.1 Å². The number of hydrogen-bond acceptors (Lipinski definition) is 3. The third-order valence-corrected chi connectivity index (χ3v) is 3.62. The predicted molar refractivity (Wildman–Crippen MR) is 78.1 cm³/mol. The SMILES string of the molecule is N#CC1C(=O)Cc2cc(Cl)ccc2N1c1ccccc1. The van der Waals surface area contributed by atoms with Crippen LogP contribution in [0, 0.1) is 11.3 Å². The number of hydrogen-bond donors (Lipinski definition) is 0. The van der Waals surface area contributed by atoms with E-state index in [9.17, 15) is 10.1 Å². The number of nitriles is 1. The lowest BCUT2D eigenvalue weighted by Gasteiger charge is -2.34. The second-order valence-corrected chi connectivity index (χ2v) is 5.09. The van der Waals surface area contributed by atoms with Crippen LogP contribution in [-0.4, -0.2) is 11.8 Å². The lowest BCUT2D eigenvalue weighted by molar-refractivity contribution is -0.118. The van der Waals surface area contributed by atoms with Gasteiger partial charge in [0.25, 0.3) is 0 Å². The van der Waals surface area contributed by atoms with Gasteiger partial charge < -0.3 is 4.90 Å². The summed E-state index contributed by atoms with van der Waals surface area (Å²) in [7, 11) is 0. The summed E-state index contributed by atoms with van der Waals surface area (Å²) in [4.78, 5) is 14.0. The van der Waals surface area contributed by atoms with Gasteiger partial charge >= 0.3 is 0 Å². The minimum absolute atomic E-state index is 0.105. The number of carbonyl (C=O) groups is 1. The quantitative estimate of drug-likeness (QED) is 0.804. The van der Waals surface area contributed by atoms with Crippen molar-refractivity contribution >= 4 is 28.8 Å². The molecular weight excluding hydrogens is 272 g/mol. The summed E-state index contributed by atoms with van der Waals surface area (Å²) in [5, 5.41) is 9.93. The number of anilines is 2. The molecule has 0 spiro atoms. The molecule has 0 bridgehead atoms. The summed E-state index contributed by atoms with van der Waals surface area (Å²) < 4.78 is 0. The standard InChI is InChI=1S/C16H11ClN2O/c17-12-6-7-14-11(8-12)9-16(20)15(10-18)19(14)13-4-2-1-3-5-13/h1-8,15H,9H2. The minimum atomic E-state index is -0.786. The molecule has 0 saturated heterocycles. The molecule has 1 atom stereocenters. The van der Waals surface area contributed by atoms with Crippen molar-refractivity contribution in [2.75, 3.05) is 4.90 Å². The third-order valence-electron chi connectivity index (χ3n) is 3.39. The molecule has 0 aromatic heterocycles.